The Morgan fingerprint density at radius 2 is 2.08 bits per heavy atom. The van der Waals surface area contributed by atoms with Gasteiger partial charge in [-0.2, -0.15) is 18.3 Å². The maximum absolute atomic E-state index is 14.0. The zero-order chi connectivity index (χ0) is 18.2. The van der Waals surface area contributed by atoms with Crippen LogP contribution < -0.4 is 11.2 Å². The summed E-state index contributed by atoms with van der Waals surface area (Å²) in [4.78, 5) is 13.9. The van der Waals surface area contributed by atoms with Gasteiger partial charge < -0.3 is 5.73 Å². The van der Waals surface area contributed by atoms with Crippen molar-refractivity contribution in [2.45, 2.75) is 25.9 Å². The van der Waals surface area contributed by atoms with Crippen molar-refractivity contribution in [1.82, 2.24) is 5.43 Å². The number of alkyl halides is 3. The highest BCUT2D eigenvalue weighted by Crippen LogP contribution is 2.22. The standard InChI is InChI=1S/C15H16F4N4O/c1-2-3-12(23-22-9-24)10-4-5-13(11(16)8-10)21-7-6-14(20)15(17,18)19/h4-9H,2-3,20H2,1H3,(H,22,24)/b14-6?,21-7?,23-12+. The number of nitrogens with two attached hydrogens (primary N) is 1. The zero-order valence-electron chi connectivity index (χ0n) is 12.8. The van der Waals surface area contributed by atoms with E-state index in [0.29, 0.717) is 30.2 Å². The van der Waals surface area contributed by atoms with Crippen molar-refractivity contribution in [3.05, 3.63) is 41.4 Å². The van der Waals surface area contributed by atoms with Gasteiger partial charge in [0.1, 0.15) is 11.5 Å². The van der Waals surface area contributed by atoms with Gasteiger partial charge in [0.05, 0.1) is 11.4 Å². The van der Waals surface area contributed by atoms with Crippen LogP contribution in [0.4, 0.5) is 23.2 Å². The van der Waals surface area contributed by atoms with Crippen LogP contribution in [-0.2, 0) is 4.79 Å². The third-order valence-electron chi connectivity index (χ3n) is 2.81. The summed E-state index contributed by atoms with van der Waals surface area (Å²) >= 11 is 0. The average Bonchev–Trinajstić information content (AvgIpc) is 2.52. The summed E-state index contributed by atoms with van der Waals surface area (Å²) in [5.41, 5.74) is 6.38. The third-order valence-corrected chi connectivity index (χ3v) is 2.81. The Morgan fingerprint density at radius 3 is 2.62 bits per heavy atom. The minimum Gasteiger partial charge on any atom is -0.395 e. The first-order chi connectivity index (χ1) is 11.3. The maximum atomic E-state index is 14.0. The number of carbonyl (C=O) groups is 1. The van der Waals surface area contributed by atoms with E-state index in [0.717, 1.165) is 18.7 Å². The molecule has 130 valence electrons. The molecule has 5 nitrogen and oxygen atoms in total. The summed E-state index contributed by atoms with van der Waals surface area (Å²) in [7, 11) is 0. The molecule has 0 heterocycles. The quantitative estimate of drug-likeness (QED) is 0.345. The van der Waals surface area contributed by atoms with E-state index in [1.54, 1.807) is 0 Å². The number of nitrogens with zero attached hydrogens (tertiary/aromatic N) is 2. The van der Waals surface area contributed by atoms with Crippen molar-refractivity contribution >= 4 is 24.0 Å². The molecule has 0 saturated heterocycles. The van der Waals surface area contributed by atoms with Crippen LogP contribution >= 0.6 is 0 Å². The largest absolute Gasteiger partial charge is 0.430 e. The van der Waals surface area contributed by atoms with Gasteiger partial charge in [-0.25, -0.2) is 9.82 Å². The molecule has 9 heteroatoms. The summed E-state index contributed by atoms with van der Waals surface area (Å²) in [5.74, 6) is -0.738. The Morgan fingerprint density at radius 1 is 1.38 bits per heavy atom. The molecule has 0 aliphatic rings. The molecule has 24 heavy (non-hydrogen) atoms. The first kappa shape index (κ1) is 19.3. The van der Waals surface area contributed by atoms with E-state index < -0.39 is 17.7 Å². The molecular formula is C15H16F4N4O. The molecule has 1 rings (SSSR count). The van der Waals surface area contributed by atoms with Gasteiger partial charge in [-0.05, 0) is 24.6 Å². The van der Waals surface area contributed by atoms with Gasteiger partial charge in [-0.1, -0.05) is 19.4 Å². The predicted octanol–water partition coefficient (Wildman–Crippen LogP) is 3.18. The first-order valence-electron chi connectivity index (χ1n) is 6.92. The Hall–Kier alpha value is -2.71. The minimum atomic E-state index is -4.66. The molecule has 0 bridgehead atoms. The van der Waals surface area contributed by atoms with Crippen LogP contribution in [0.5, 0.6) is 0 Å². The van der Waals surface area contributed by atoms with E-state index in [4.69, 9.17) is 5.73 Å². The van der Waals surface area contributed by atoms with Crippen molar-refractivity contribution in [2.24, 2.45) is 15.8 Å². The molecule has 0 spiro atoms. The lowest BCUT2D eigenvalue weighted by Crippen LogP contribution is -2.19. The van der Waals surface area contributed by atoms with Crippen LogP contribution in [0.1, 0.15) is 25.3 Å². The number of carbonyl (C=O) groups excluding carboxylic acids is 1. The van der Waals surface area contributed by atoms with Crippen molar-refractivity contribution in [3.63, 3.8) is 0 Å². The van der Waals surface area contributed by atoms with Crippen molar-refractivity contribution in [1.29, 1.82) is 0 Å². The van der Waals surface area contributed by atoms with Gasteiger partial charge in [0.15, 0.2) is 0 Å². The number of hydrazone groups is 1. The predicted molar refractivity (Wildman–Crippen MR) is 83.5 cm³/mol. The third kappa shape index (κ3) is 5.82. The highest BCUT2D eigenvalue weighted by Gasteiger charge is 2.30. The van der Waals surface area contributed by atoms with E-state index >= 15 is 0 Å². The number of allylic oxidation sites excluding steroid dienone is 2. The molecule has 1 amide bonds. The number of amides is 1. The smallest absolute Gasteiger partial charge is 0.395 e. The normalized spacial score (nSPS) is 13.4. The Labute approximate surface area is 136 Å². The van der Waals surface area contributed by atoms with Crippen LogP contribution in [0.3, 0.4) is 0 Å². The van der Waals surface area contributed by atoms with E-state index in [-0.39, 0.29) is 5.69 Å². The summed E-state index contributed by atoms with van der Waals surface area (Å²) in [5, 5.41) is 3.83. The fraction of sp³-hybridized carbons (Fsp3) is 0.267. The summed E-state index contributed by atoms with van der Waals surface area (Å²) < 4.78 is 50.6. The molecule has 0 atom stereocenters. The molecule has 0 radical (unpaired) electrons. The summed E-state index contributed by atoms with van der Waals surface area (Å²) in [6, 6.07) is 3.95. The topological polar surface area (TPSA) is 79.8 Å². The van der Waals surface area contributed by atoms with Crippen LogP contribution in [0.2, 0.25) is 0 Å². The minimum absolute atomic E-state index is 0.149. The van der Waals surface area contributed by atoms with E-state index in [1.807, 2.05) is 6.92 Å². The lowest BCUT2D eigenvalue weighted by molar-refractivity contribution is -0.109. The summed E-state index contributed by atoms with van der Waals surface area (Å²) in [6.45, 7) is 1.89. The SMILES string of the molecule is CCC/C(=N\NC=O)c1ccc(N=CC=C(N)C(F)(F)F)c(F)c1. The molecule has 0 aromatic heterocycles. The van der Waals surface area contributed by atoms with Gasteiger partial charge in [0.25, 0.3) is 0 Å². The van der Waals surface area contributed by atoms with Crippen LogP contribution in [-0.4, -0.2) is 24.5 Å². The Balaban J connectivity index is 3.01. The number of rotatable bonds is 7. The van der Waals surface area contributed by atoms with Gasteiger partial charge >= 0.3 is 6.18 Å². The Bertz CT molecular complexity index is 666. The zero-order valence-corrected chi connectivity index (χ0v) is 12.8. The molecule has 0 fully saturated rings. The van der Waals surface area contributed by atoms with E-state index in [2.05, 4.69) is 15.5 Å². The highest BCUT2D eigenvalue weighted by atomic mass is 19.4. The van der Waals surface area contributed by atoms with Crippen molar-refractivity contribution in [2.75, 3.05) is 0 Å². The number of halogens is 4. The Kier molecular flexibility index (Phi) is 7.09. The van der Waals surface area contributed by atoms with Gasteiger partial charge in [0, 0.05) is 11.8 Å². The molecule has 3 N–H and O–H groups in total. The van der Waals surface area contributed by atoms with Crippen LogP contribution in [0.15, 0.2) is 40.1 Å². The van der Waals surface area contributed by atoms with Gasteiger partial charge in [-0.15, -0.1) is 0 Å². The van der Waals surface area contributed by atoms with E-state index in [9.17, 15) is 22.4 Å². The first-order valence-corrected chi connectivity index (χ1v) is 6.92. The van der Waals surface area contributed by atoms with E-state index in [1.165, 1.54) is 12.1 Å². The van der Waals surface area contributed by atoms with Crippen molar-refractivity contribution < 1.29 is 22.4 Å². The van der Waals surface area contributed by atoms with Crippen LogP contribution in [0.25, 0.3) is 0 Å². The second kappa shape index (κ2) is 8.80. The molecule has 0 saturated carbocycles. The molecule has 1 aromatic carbocycles. The van der Waals surface area contributed by atoms with Gasteiger partial charge in [0.2, 0.25) is 6.41 Å². The second-order valence-corrected chi connectivity index (χ2v) is 4.62. The summed E-state index contributed by atoms with van der Waals surface area (Å²) in [6.07, 6.45) is -1.72. The molecular weight excluding hydrogens is 328 g/mol. The average molecular weight is 344 g/mol. The maximum Gasteiger partial charge on any atom is 0.430 e. The van der Waals surface area contributed by atoms with Crippen molar-refractivity contribution in [3.8, 4) is 0 Å². The fourth-order valence-electron chi connectivity index (χ4n) is 1.69. The molecule has 0 unspecified atom stereocenters. The molecule has 0 aliphatic carbocycles. The number of benzene rings is 1. The lowest BCUT2D eigenvalue weighted by atomic mass is 10.1. The van der Waals surface area contributed by atoms with Gasteiger partial charge in [-0.3, -0.25) is 9.79 Å². The van der Waals surface area contributed by atoms with Crippen LogP contribution in [0, 0.1) is 5.82 Å². The molecule has 0 aliphatic heterocycles. The monoisotopic (exact) mass is 344 g/mol. The number of aliphatic imine (C=N–C) groups is 1. The lowest BCUT2D eigenvalue weighted by Gasteiger charge is -2.06. The second-order valence-electron chi connectivity index (χ2n) is 4.62. The number of hydrogen-bond acceptors (Lipinski definition) is 4. The fourth-order valence-corrected chi connectivity index (χ4v) is 1.69. The number of nitrogens with one attached hydrogen (secondary N) is 1. The number of hydrogen-bond donors (Lipinski definition) is 2. The highest BCUT2D eigenvalue weighted by molar-refractivity contribution is 6.01. The molecule has 1 aromatic rings.